The van der Waals surface area contributed by atoms with Crippen LogP contribution in [0.3, 0.4) is 0 Å². The first kappa shape index (κ1) is 8.00. The van der Waals surface area contributed by atoms with Gasteiger partial charge in [-0.05, 0) is 7.05 Å². The SMILES string of the molecule is CNCc1cc2ncc(N)cn2n1. The normalized spacial score (nSPS) is 10.8. The average molecular weight is 177 g/mol. The number of hydrogen-bond donors (Lipinski definition) is 2. The van der Waals surface area contributed by atoms with E-state index >= 15 is 0 Å². The molecule has 0 saturated heterocycles. The van der Waals surface area contributed by atoms with Crippen LogP contribution in [0, 0.1) is 0 Å². The Morgan fingerprint density at radius 3 is 3.23 bits per heavy atom. The second-order valence-electron chi connectivity index (χ2n) is 2.86. The monoisotopic (exact) mass is 177 g/mol. The molecule has 0 aliphatic heterocycles. The molecule has 0 radical (unpaired) electrons. The van der Waals surface area contributed by atoms with E-state index in [1.165, 1.54) is 0 Å². The highest BCUT2D eigenvalue weighted by Gasteiger charge is 2.00. The molecule has 5 nitrogen and oxygen atoms in total. The van der Waals surface area contributed by atoms with Crippen molar-refractivity contribution in [2.75, 3.05) is 12.8 Å². The predicted octanol–water partition coefficient (Wildman–Crippen LogP) is 0.0309. The van der Waals surface area contributed by atoms with Crippen molar-refractivity contribution in [2.45, 2.75) is 6.54 Å². The fourth-order valence-corrected chi connectivity index (χ4v) is 1.21. The second kappa shape index (κ2) is 3.02. The molecule has 5 heteroatoms. The van der Waals surface area contributed by atoms with Crippen molar-refractivity contribution in [3.8, 4) is 0 Å². The standard InChI is InChI=1S/C8H11N5/c1-10-4-7-2-8-11-3-6(9)5-13(8)12-7/h2-3,5,10H,4,9H2,1H3. The Bertz CT molecular complexity index is 419. The Morgan fingerprint density at radius 2 is 2.46 bits per heavy atom. The Labute approximate surface area is 75.6 Å². The molecule has 2 aromatic heterocycles. The number of fused-ring (bicyclic) bond motifs is 1. The fraction of sp³-hybridized carbons (Fsp3) is 0.250. The van der Waals surface area contributed by atoms with Gasteiger partial charge >= 0.3 is 0 Å². The van der Waals surface area contributed by atoms with Gasteiger partial charge in [0, 0.05) is 12.6 Å². The highest BCUT2D eigenvalue weighted by molar-refractivity contribution is 5.44. The van der Waals surface area contributed by atoms with Gasteiger partial charge in [0.25, 0.3) is 0 Å². The molecule has 0 amide bonds. The maximum Gasteiger partial charge on any atom is 0.155 e. The minimum absolute atomic E-state index is 0.617. The number of nitrogen functional groups attached to an aromatic ring is 1. The highest BCUT2D eigenvalue weighted by Crippen LogP contribution is 2.05. The maximum atomic E-state index is 5.57. The second-order valence-corrected chi connectivity index (χ2v) is 2.86. The molecule has 2 rings (SSSR count). The molecule has 0 aliphatic carbocycles. The third-order valence-electron chi connectivity index (χ3n) is 1.74. The van der Waals surface area contributed by atoms with Crippen molar-refractivity contribution < 1.29 is 0 Å². The molecule has 68 valence electrons. The predicted molar refractivity (Wildman–Crippen MR) is 50.2 cm³/mol. The van der Waals surface area contributed by atoms with Gasteiger partial charge in [0.1, 0.15) is 0 Å². The number of nitrogens with two attached hydrogens (primary N) is 1. The van der Waals surface area contributed by atoms with Gasteiger partial charge in [0.2, 0.25) is 0 Å². The van der Waals surface area contributed by atoms with Crippen LogP contribution in [0.15, 0.2) is 18.5 Å². The summed E-state index contributed by atoms with van der Waals surface area (Å²) in [6.07, 6.45) is 3.38. The van der Waals surface area contributed by atoms with Gasteiger partial charge in [-0.15, -0.1) is 0 Å². The molecule has 0 fully saturated rings. The van der Waals surface area contributed by atoms with Crippen molar-refractivity contribution >= 4 is 11.3 Å². The maximum absolute atomic E-state index is 5.57. The van der Waals surface area contributed by atoms with Crippen LogP contribution >= 0.6 is 0 Å². The third-order valence-corrected chi connectivity index (χ3v) is 1.74. The molecule has 13 heavy (non-hydrogen) atoms. The first-order valence-corrected chi connectivity index (χ1v) is 4.04. The quantitative estimate of drug-likeness (QED) is 0.679. The molecule has 0 aromatic carbocycles. The summed E-state index contributed by atoms with van der Waals surface area (Å²) in [5.74, 6) is 0. The lowest BCUT2D eigenvalue weighted by Gasteiger charge is -1.92. The van der Waals surface area contributed by atoms with Crippen LogP contribution in [0.25, 0.3) is 5.65 Å². The Balaban J connectivity index is 2.49. The van der Waals surface area contributed by atoms with E-state index in [-0.39, 0.29) is 0 Å². The van der Waals surface area contributed by atoms with Crippen LogP contribution in [-0.4, -0.2) is 21.6 Å². The summed E-state index contributed by atoms with van der Waals surface area (Å²) in [4.78, 5) is 4.13. The molecule has 0 atom stereocenters. The van der Waals surface area contributed by atoms with Gasteiger partial charge in [-0.1, -0.05) is 0 Å². The van der Waals surface area contributed by atoms with E-state index in [4.69, 9.17) is 5.73 Å². The van der Waals surface area contributed by atoms with E-state index in [9.17, 15) is 0 Å². The summed E-state index contributed by atoms with van der Waals surface area (Å²) in [5.41, 5.74) is 7.96. The summed E-state index contributed by atoms with van der Waals surface area (Å²) < 4.78 is 1.68. The van der Waals surface area contributed by atoms with Crippen molar-refractivity contribution in [3.63, 3.8) is 0 Å². The number of nitrogens with one attached hydrogen (secondary N) is 1. The lowest BCUT2D eigenvalue weighted by molar-refractivity contribution is 0.769. The Hall–Kier alpha value is -1.62. The van der Waals surface area contributed by atoms with Crippen molar-refractivity contribution in [2.24, 2.45) is 0 Å². The van der Waals surface area contributed by atoms with E-state index in [0.717, 1.165) is 17.9 Å². The lowest BCUT2D eigenvalue weighted by atomic mass is 10.4. The molecule has 0 unspecified atom stereocenters. The number of aromatic nitrogens is 3. The summed E-state index contributed by atoms with van der Waals surface area (Å²) in [6.45, 7) is 0.739. The molecule has 3 N–H and O–H groups in total. The van der Waals surface area contributed by atoms with Crippen LogP contribution in [-0.2, 0) is 6.54 Å². The summed E-state index contributed by atoms with van der Waals surface area (Å²) in [6, 6.07) is 1.93. The first-order valence-electron chi connectivity index (χ1n) is 4.04. The van der Waals surface area contributed by atoms with Gasteiger partial charge in [0.15, 0.2) is 5.65 Å². The van der Waals surface area contributed by atoms with Gasteiger partial charge in [-0.25, -0.2) is 9.50 Å². The topological polar surface area (TPSA) is 68.2 Å². The Kier molecular flexibility index (Phi) is 1.86. The zero-order chi connectivity index (χ0) is 9.26. The summed E-state index contributed by atoms with van der Waals surface area (Å²) in [7, 11) is 1.88. The van der Waals surface area contributed by atoms with Crippen LogP contribution in [0.1, 0.15) is 5.69 Å². The molecule has 0 aliphatic rings. The van der Waals surface area contributed by atoms with Gasteiger partial charge in [0.05, 0.1) is 23.8 Å². The average Bonchev–Trinajstić information content (AvgIpc) is 2.46. The van der Waals surface area contributed by atoms with E-state index in [1.807, 2.05) is 13.1 Å². The smallest absolute Gasteiger partial charge is 0.155 e. The van der Waals surface area contributed by atoms with Gasteiger partial charge < -0.3 is 11.1 Å². The number of anilines is 1. The number of hydrogen-bond acceptors (Lipinski definition) is 4. The molecule has 0 saturated carbocycles. The molecular weight excluding hydrogens is 166 g/mol. The van der Waals surface area contributed by atoms with E-state index in [0.29, 0.717) is 5.69 Å². The molecular formula is C8H11N5. The molecule has 2 heterocycles. The minimum Gasteiger partial charge on any atom is -0.396 e. The zero-order valence-electron chi connectivity index (χ0n) is 7.36. The van der Waals surface area contributed by atoms with Crippen molar-refractivity contribution in [3.05, 3.63) is 24.2 Å². The summed E-state index contributed by atoms with van der Waals surface area (Å²) in [5, 5.41) is 7.30. The Morgan fingerprint density at radius 1 is 1.62 bits per heavy atom. The number of nitrogens with zero attached hydrogens (tertiary/aromatic N) is 3. The van der Waals surface area contributed by atoms with Gasteiger partial charge in [-0.2, -0.15) is 5.10 Å². The number of rotatable bonds is 2. The first-order chi connectivity index (χ1) is 6.29. The highest BCUT2D eigenvalue weighted by atomic mass is 15.3. The minimum atomic E-state index is 0.617. The largest absolute Gasteiger partial charge is 0.396 e. The van der Waals surface area contributed by atoms with E-state index < -0.39 is 0 Å². The van der Waals surface area contributed by atoms with Crippen molar-refractivity contribution in [1.29, 1.82) is 0 Å². The van der Waals surface area contributed by atoms with E-state index in [1.54, 1.807) is 16.9 Å². The summed E-state index contributed by atoms with van der Waals surface area (Å²) >= 11 is 0. The van der Waals surface area contributed by atoms with Crippen molar-refractivity contribution in [1.82, 2.24) is 19.9 Å². The molecule has 2 aromatic rings. The van der Waals surface area contributed by atoms with E-state index in [2.05, 4.69) is 15.4 Å². The molecule has 0 spiro atoms. The third kappa shape index (κ3) is 1.46. The molecule has 0 bridgehead atoms. The van der Waals surface area contributed by atoms with Crippen LogP contribution in [0.2, 0.25) is 0 Å². The lowest BCUT2D eigenvalue weighted by Crippen LogP contribution is -2.05. The van der Waals surface area contributed by atoms with Crippen LogP contribution in [0.5, 0.6) is 0 Å². The van der Waals surface area contributed by atoms with Crippen LogP contribution in [0.4, 0.5) is 5.69 Å². The fourth-order valence-electron chi connectivity index (χ4n) is 1.21. The zero-order valence-corrected chi connectivity index (χ0v) is 7.36. The van der Waals surface area contributed by atoms with Crippen LogP contribution < -0.4 is 11.1 Å². The van der Waals surface area contributed by atoms with Gasteiger partial charge in [-0.3, -0.25) is 0 Å².